The van der Waals surface area contributed by atoms with Crippen LogP contribution in [0.2, 0.25) is 0 Å². The average molecular weight is 314 g/mol. The van der Waals surface area contributed by atoms with Gasteiger partial charge < -0.3 is 10.1 Å². The molecular weight excluding hydrogens is 296 g/mol. The summed E-state index contributed by atoms with van der Waals surface area (Å²) >= 11 is 0. The molecule has 0 saturated carbocycles. The summed E-state index contributed by atoms with van der Waals surface area (Å²) in [5.74, 6) is -1.05. The van der Waals surface area contributed by atoms with Crippen LogP contribution in [0, 0.1) is 0 Å². The van der Waals surface area contributed by atoms with Gasteiger partial charge in [-0.2, -0.15) is 0 Å². The van der Waals surface area contributed by atoms with Crippen molar-refractivity contribution in [1.29, 1.82) is 0 Å². The van der Waals surface area contributed by atoms with Crippen LogP contribution in [-0.2, 0) is 14.3 Å². The molecule has 1 aromatic carbocycles. The molecule has 0 fully saturated rings. The Balaban J connectivity index is 2.47. The van der Waals surface area contributed by atoms with Crippen LogP contribution >= 0.6 is 0 Å². The molecule has 1 atom stereocenters. The van der Waals surface area contributed by atoms with Gasteiger partial charge >= 0.3 is 12.0 Å². The van der Waals surface area contributed by atoms with Crippen LogP contribution in [0.15, 0.2) is 47.7 Å². The van der Waals surface area contributed by atoms with E-state index in [0.717, 1.165) is 10.5 Å². The third-order valence-corrected chi connectivity index (χ3v) is 3.51. The monoisotopic (exact) mass is 314 g/mol. The Morgan fingerprint density at radius 1 is 1.26 bits per heavy atom. The van der Waals surface area contributed by atoms with Crippen molar-refractivity contribution in [2.75, 3.05) is 7.11 Å². The number of methoxy groups -OCH3 is 1. The van der Waals surface area contributed by atoms with Crippen LogP contribution in [0.3, 0.4) is 0 Å². The van der Waals surface area contributed by atoms with Crippen LogP contribution in [0.25, 0.3) is 6.08 Å². The van der Waals surface area contributed by atoms with Crippen molar-refractivity contribution in [3.8, 4) is 0 Å². The summed E-state index contributed by atoms with van der Waals surface area (Å²) in [5, 5.41) is 2.52. The lowest BCUT2D eigenvalue weighted by atomic mass is 9.99. The van der Waals surface area contributed by atoms with E-state index < -0.39 is 23.9 Å². The van der Waals surface area contributed by atoms with Crippen LogP contribution in [0.4, 0.5) is 4.79 Å². The zero-order valence-corrected chi connectivity index (χ0v) is 13.2. The maximum atomic E-state index is 12.1. The number of imide groups is 1. The molecular formula is C17H18N2O4. The molecule has 6 heteroatoms. The topological polar surface area (TPSA) is 75.7 Å². The molecule has 0 aromatic heterocycles. The molecule has 1 aliphatic rings. The number of carbonyl (C=O) groups is 3. The summed E-state index contributed by atoms with van der Waals surface area (Å²) in [7, 11) is 1.26. The molecule has 1 aromatic rings. The predicted octanol–water partition coefficient (Wildman–Crippen LogP) is 2.09. The Morgan fingerprint density at radius 3 is 2.48 bits per heavy atom. The number of urea groups is 1. The maximum absolute atomic E-state index is 12.1. The van der Waals surface area contributed by atoms with Gasteiger partial charge in [-0.25, -0.2) is 9.59 Å². The second kappa shape index (κ2) is 6.91. The lowest BCUT2D eigenvalue weighted by Gasteiger charge is -2.33. The van der Waals surface area contributed by atoms with E-state index in [4.69, 9.17) is 4.74 Å². The van der Waals surface area contributed by atoms with Crippen molar-refractivity contribution in [2.45, 2.75) is 19.9 Å². The number of hydrogen-bond acceptors (Lipinski definition) is 4. The second-order valence-corrected chi connectivity index (χ2v) is 5.06. The lowest BCUT2D eigenvalue weighted by Crippen LogP contribution is -2.54. The van der Waals surface area contributed by atoms with Crippen molar-refractivity contribution in [3.05, 3.63) is 53.2 Å². The van der Waals surface area contributed by atoms with Gasteiger partial charge in [0.05, 0.1) is 18.7 Å². The van der Waals surface area contributed by atoms with Crippen molar-refractivity contribution in [3.63, 3.8) is 0 Å². The summed E-state index contributed by atoms with van der Waals surface area (Å²) in [6.07, 6.45) is 3.40. The highest BCUT2D eigenvalue weighted by Gasteiger charge is 2.37. The first-order valence-electron chi connectivity index (χ1n) is 7.08. The molecule has 0 radical (unpaired) electrons. The molecule has 3 amide bonds. The van der Waals surface area contributed by atoms with Gasteiger partial charge in [0.15, 0.2) is 0 Å². The van der Waals surface area contributed by atoms with E-state index in [-0.39, 0.29) is 5.57 Å². The number of nitrogens with zero attached hydrogens (tertiary/aromatic N) is 1. The van der Waals surface area contributed by atoms with Gasteiger partial charge in [0, 0.05) is 12.6 Å². The zero-order chi connectivity index (χ0) is 17.0. The number of rotatable bonds is 3. The average Bonchev–Trinajstić information content (AvgIpc) is 2.52. The summed E-state index contributed by atoms with van der Waals surface area (Å²) in [6, 6.07) is 8.02. The third-order valence-electron chi connectivity index (χ3n) is 3.51. The van der Waals surface area contributed by atoms with Gasteiger partial charge in [-0.05, 0) is 12.5 Å². The number of amides is 3. The molecule has 6 nitrogen and oxygen atoms in total. The number of benzene rings is 1. The van der Waals surface area contributed by atoms with Gasteiger partial charge in [0.25, 0.3) is 0 Å². The van der Waals surface area contributed by atoms with Gasteiger partial charge in [-0.3, -0.25) is 9.69 Å². The SMILES string of the molecule is COC(=O)C1=C(C)NC(=O)N(C(C)=O)[C@@H]1/C=C/c1ccccc1. The Kier molecular flexibility index (Phi) is 4.95. The van der Waals surface area contributed by atoms with E-state index in [1.807, 2.05) is 30.3 Å². The smallest absolute Gasteiger partial charge is 0.337 e. The van der Waals surface area contributed by atoms with E-state index in [2.05, 4.69) is 5.32 Å². The first-order chi connectivity index (χ1) is 11.0. The molecule has 120 valence electrons. The largest absolute Gasteiger partial charge is 0.466 e. The van der Waals surface area contributed by atoms with Crippen molar-refractivity contribution < 1.29 is 19.1 Å². The highest BCUT2D eigenvalue weighted by molar-refractivity contribution is 6.01. The van der Waals surface area contributed by atoms with Crippen molar-refractivity contribution in [1.82, 2.24) is 10.2 Å². The molecule has 1 heterocycles. The normalized spacial score (nSPS) is 18.1. The van der Waals surface area contributed by atoms with E-state index in [0.29, 0.717) is 5.70 Å². The summed E-state index contributed by atoms with van der Waals surface area (Å²) in [4.78, 5) is 37.0. The highest BCUT2D eigenvalue weighted by Crippen LogP contribution is 2.23. The predicted molar refractivity (Wildman–Crippen MR) is 85.0 cm³/mol. The molecule has 1 N–H and O–H groups in total. The Hall–Kier alpha value is -2.89. The standard InChI is InChI=1S/C17H18N2O4/c1-11-15(16(21)23-3)14(19(12(2)20)17(22)18-11)10-9-13-7-5-4-6-8-13/h4-10,14H,1-3H3,(H,18,22)/b10-9+/t14-/m1/s1. The molecule has 0 bridgehead atoms. The van der Waals surface area contributed by atoms with E-state index >= 15 is 0 Å². The summed E-state index contributed by atoms with van der Waals surface area (Å²) in [6.45, 7) is 2.88. The summed E-state index contributed by atoms with van der Waals surface area (Å²) < 4.78 is 4.79. The van der Waals surface area contributed by atoms with Crippen LogP contribution < -0.4 is 5.32 Å². The molecule has 0 aliphatic carbocycles. The molecule has 0 saturated heterocycles. The Morgan fingerprint density at radius 2 is 1.91 bits per heavy atom. The minimum Gasteiger partial charge on any atom is -0.466 e. The van der Waals surface area contributed by atoms with Crippen LogP contribution in [-0.4, -0.2) is 36.0 Å². The van der Waals surface area contributed by atoms with Gasteiger partial charge in [-0.1, -0.05) is 42.5 Å². The number of ether oxygens (including phenoxy) is 1. The molecule has 0 unspecified atom stereocenters. The molecule has 2 rings (SSSR count). The minimum absolute atomic E-state index is 0.231. The fourth-order valence-electron chi connectivity index (χ4n) is 2.44. The maximum Gasteiger partial charge on any atom is 0.337 e. The van der Waals surface area contributed by atoms with E-state index in [9.17, 15) is 14.4 Å². The zero-order valence-electron chi connectivity index (χ0n) is 13.2. The number of carbonyl (C=O) groups excluding carboxylic acids is 3. The fraction of sp³-hybridized carbons (Fsp3) is 0.235. The van der Waals surface area contributed by atoms with E-state index in [1.54, 1.807) is 19.1 Å². The van der Waals surface area contributed by atoms with Crippen molar-refractivity contribution in [2.24, 2.45) is 0 Å². The Bertz CT molecular complexity index is 692. The van der Waals surface area contributed by atoms with E-state index in [1.165, 1.54) is 14.0 Å². The van der Waals surface area contributed by atoms with Crippen LogP contribution in [0.1, 0.15) is 19.4 Å². The quantitative estimate of drug-likeness (QED) is 0.867. The minimum atomic E-state index is -0.811. The first-order valence-corrected chi connectivity index (χ1v) is 7.08. The molecule has 0 spiro atoms. The number of allylic oxidation sites excluding steroid dienone is 1. The fourth-order valence-corrected chi connectivity index (χ4v) is 2.44. The number of hydrogen-bond donors (Lipinski definition) is 1. The van der Waals surface area contributed by atoms with Crippen molar-refractivity contribution >= 4 is 24.0 Å². The van der Waals surface area contributed by atoms with Gasteiger partial charge in [-0.15, -0.1) is 0 Å². The first kappa shape index (κ1) is 16.5. The molecule has 1 aliphatic heterocycles. The third kappa shape index (κ3) is 3.48. The molecule has 23 heavy (non-hydrogen) atoms. The number of nitrogens with one attached hydrogen (secondary N) is 1. The lowest BCUT2D eigenvalue weighted by molar-refractivity contribution is -0.137. The summed E-state index contributed by atoms with van der Waals surface area (Å²) in [5.41, 5.74) is 1.50. The Labute approximate surface area is 134 Å². The van der Waals surface area contributed by atoms with Gasteiger partial charge in [0.1, 0.15) is 0 Å². The van der Waals surface area contributed by atoms with Gasteiger partial charge in [0.2, 0.25) is 5.91 Å². The highest BCUT2D eigenvalue weighted by atomic mass is 16.5. The number of esters is 1. The van der Waals surface area contributed by atoms with Crippen LogP contribution in [0.5, 0.6) is 0 Å². The second-order valence-electron chi connectivity index (χ2n) is 5.06.